The summed E-state index contributed by atoms with van der Waals surface area (Å²) in [6.45, 7) is 6.56. The van der Waals surface area contributed by atoms with Crippen LogP contribution in [-0.2, 0) is 16.6 Å². The highest BCUT2D eigenvalue weighted by Crippen LogP contribution is 2.31. The topological polar surface area (TPSA) is 97.6 Å². The Labute approximate surface area is 187 Å². The van der Waals surface area contributed by atoms with Crippen molar-refractivity contribution in [3.63, 3.8) is 0 Å². The number of ether oxygens (including phenoxy) is 1. The number of fused-ring (bicyclic) bond motifs is 1. The quantitative estimate of drug-likeness (QED) is 0.491. The largest absolute Gasteiger partial charge is 0.495 e. The molecule has 0 bridgehead atoms. The van der Waals surface area contributed by atoms with Crippen LogP contribution in [0.3, 0.4) is 0 Å². The van der Waals surface area contributed by atoms with Gasteiger partial charge in [0.1, 0.15) is 11.3 Å². The van der Waals surface area contributed by atoms with Gasteiger partial charge in [0.15, 0.2) is 0 Å². The fourth-order valence-corrected chi connectivity index (χ4v) is 5.16. The molecule has 0 unspecified atom stereocenters. The zero-order valence-electron chi connectivity index (χ0n) is 18.7. The fourth-order valence-electron chi connectivity index (χ4n) is 3.83. The smallest absolute Gasteiger partial charge is 0.336 e. The maximum atomic E-state index is 12.6. The van der Waals surface area contributed by atoms with Crippen molar-refractivity contribution in [2.75, 3.05) is 12.4 Å². The highest BCUT2D eigenvalue weighted by molar-refractivity contribution is 7.89. The number of rotatable bonds is 8. The van der Waals surface area contributed by atoms with Gasteiger partial charge in [-0.2, -0.15) is 0 Å². The molecule has 8 heteroatoms. The first kappa shape index (κ1) is 22.4. The zero-order chi connectivity index (χ0) is 23.0. The molecule has 1 aromatic heterocycles. The molecule has 0 amide bonds. The molecule has 7 nitrogen and oxygen atoms in total. The van der Waals surface area contributed by atoms with Gasteiger partial charge in [-0.1, -0.05) is 13.8 Å². The average molecular weight is 457 g/mol. The lowest BCUT2D eigenvalue weighted by Gasteiger charge is -2.16. The second kappa shape index (κ2) is 8.60. The maximum Gasteiger partial charge on any atom is 0.336 e. The van der Waals surface area contributed by atoms with E-state index in [1.807, 2.05) is 13.0 Å². The van der Waals surface area contributed by atoms with E-state index in [9.17, 15) is 13.2 Å². The molecule has 3 aromatic rings. The van der Waals surface area contributed by atoms with Crippen LogP contribution in [0.1, 0.15) is 49.3 Å². The van der Waals surface area contributed by atoms with Gasteiger partial charge in [0.25, 0.3) is 0 Å². The molecule has 1 fully saturated rings. The predicted octanol–water partition coefficient (Wildman–Crippen LogP) is 4.29. The summed E-state index contributed by atoms with van der Waals surface area (Å²) in [6.07, 6.45) is 1.73. The number of hydrogen-bond acceptors (Lipinski definition) is 6. The molecule has 2 aromatic carbocycles. The number of nitrogens with one attached hydrogen (secondary N) is 2. The molecule has 1 aliphatic carbocycles. The fraction of sp³-hybridized carbons (Fsp3) is 0.375. The standard InChI is InChI=1S/C24H28N2O5S/c1-14(2)19-12-20-16(10-24(27)31-23(20)9-15(19)3)13-25-21-11-18(7-8-22(21)30-4)32(28,29)26-17-5-6-17/h7-12,14,17,25-26H,5-6,13H2,1-4H3. The Bertz CT molecular complexity index is 1320. The monoisotopic (exact) mass is 456 g/mol. The number of hydrogen-bond donors (Lipinski definition) is 2. The summed E-state index contributed by atoms with van der Waals surface area (Å²) >= 11 is 0. The van der Waals surface area contributed by atoms with Crippen molar-refractivity contribution in [3.05, 3.63) is 63.5 Å². The molecule has 1 heterocycles. The summed E-state index contributed by atoms with van der Waals surface area (Å²) in [6, 6.07) is 10.2. The minimum atomic E-state index is -3.60. The lowest BCUT2D eigenvalue weighted by molar-refractivity contribution is 0.416. The molecule has 0 saturated heterocycles. The van der Waals surface area contributed by atoms with Gasteiger partial charge in [0.05, 0.1) is 17.7 Å². The van der Waals surface area contributed by atoms with E-state index >= 15 is 0 Å². The minimum absolute atomic E-state index is 0.0204. The van der Waals surface area contributed by atoms with E-state index in [1.54, 1.807) is 12.1 Å². The summed E-state index contributed by atoms with van der Waals surface area (Å²) < 4.78 is 38.8. The van der Waals surface area contributed by atoms with Gasteiger partial charge < -0.3 is 14.5 Å². The van der Waals surface area contributed by atoms with Crippen LogP contribution in [0.5, 0.6) is 5.75 Å². The molecule has 2 N–H and O–H groups in total. The Morgan fingerprint density at radius 1 is 1.16 bits per heavy atom. The van der Waals surface area contributed by atoms with E-state index in [2.05, 4.69) is 30.0 Å². The number of methoxy groups -OCH3 is 1. The molecular formula is C24H28N2O5S. The van der Waals surface area contributed by atoms with Crippen molar-refractivity contribution in [2.45, 2.75) is 57.0 Å². The number of sulfonamides is 1. The lowest BCUT2D eigenvalue weighted by atomic mass is 9.95. The molecule has 0 atom stereocenters. The van der Waals surface area contributed by atoms with Crippen LogP contribution in [0.4, 0.5) is 5.69 Å². The first-order valence-electron chi connectivity index (χ1n) is 10.7. The van der Waals surface area contributed by atoms with Gasteiger partial charge >= 0.3 is 5.63 Å². The summed E-state index contributed by atoms with van der Waals surface area (Å²) in [5, 5.41) is 4.10. The minimum Gasteiger partial charge on any atom is -0.495 e. The SMILES string of the molecule is COc1ccc(S(=O)(=O)NC2CC2)cc1NCc1cc(=O)oc2cc(C)c(C(C)C)cc12. The van der Waals surface area contributed by atoms with E-state index in [0.717, 1.165) is 29.4 Å². The second-order valence-electron chi connectivity index (χ2n) is 8.56. The predicted molar refractivity (Wildman–Crippen MR) is 125 cm³/mol. The van der Waals surface area contributed by atoms with E-state index in [0.29, 0.717) is 29.5 Å². The third kappa shape index (κ3) is 4.66. The first-order chi connectivity index (χ1) is 15.2. The van der Waals surface area contributed by atoms with Crippen LogP contribution < -0.4 is 20.4 Å². The Hall–Kier alpha value is -2.84. The Morgan fingerprint density at radius 2 is 1.91 bits per heavy atom. The highest BCUT2D eigenvalue weighted by atomic mass is 32.2. The maximum absolute atomic E-state index is 12.6. The summed E-state index contributed by atoms with van der Waals surface area (Å²) in [7, 11) is -2.07. The lowest BCUT2D eigenvalue weighted by Crippen LogP contribution is -2.25. The molecule has 170 valence electrons. The van der Waals surface area contributed by atoms with Gasteiger partial charge in [-0.15, -0.1) is 0 Å². The molecule has 0 aliphatic heterocycles. The van der Waals surface area contributed by atoms with Crippen molar-refractivity contribution in [2.24, 2.45) is 0 Å². The average Bonchev–Trinajstić information content (AvgIpc) is 3.54. The van der Waals surface area contributed by atoms with Gasteiger partial charge in [0.2, 0.25) is 10.0 Å². The highest BCUT2D eigenvalue weighted by Gasteiger charge is 2.28. The van der Waals surface area contributed by atoms with Crippen LogP contribution >= 0.6 is 0 Å². The van der Waals surface area contributed by atoms with Crippen molar-refractivity contribution < 1.29 is 17.6 Å². The van der Waals surface area contributed by atoms with E-state index in [4.69, 9.17) is 9.15 Å². The Morgan fingerprint density at radius 3 is 2.56 bits per heavy atom. The van der Waals surface area contributed by atoms with Gasteiger partial charge in [0, 0.05) is 24.0 Å². The first-order valence-corrected chi connectivity index (χ1v) is 12.2. The molecule has 0 radical (unpaired) electrons. The Balaban J connectivity index is 1.69. The molecule has 1 saturated carbocycles. The van der Waals surface area contributed by atoms with Crippen LogP contribution in [0.2, 0.25) is 0 Å². The van der Waals surface area contributed by atoms with E-state index in [1.165, 1.54) is 24.8 Å². The normalized spacial score (nSPS) is 14.2. The van der Waals surface area contributed by atoms with Crippen LogP contribution in [0.15, 0.2) is 50.5 Å². The number of anilines is 1. The molecular weight excluding hydrogens is 428 g/mol. The van der Waals surface area contributed by atoms with Crippen molar-refractivity contribution in [1.29, 1.82) is 0 Å². The third-order valence-corrected chi connectivity index (χ3v) is 7.21. The zero-order valence-corrected chi connectivity index (χ0v) is 19.5. The van der Waals surface area contributed by atoms with Gasteiger partial charge in [-0.05, 0) is 72.7 Å². The van der Waals surface area contributed by atoms with E-state index < -0.39 is 15.6 Å². The third-order valence-electron chi connectivity index (χ3n) is 5.69. The molecule has 32 heavy (non-hydrogen) atoms. The van der Waals surface area contributed by atoms with Crippen LogP contribution in [0, 0.1) is 6.92 Å². The summed E-state index contributed by atoms with van der Waals surface area (Å²) in [4.78, 5) is 12.3. The summed E-state index contributed by atoms with van der Waals surface area (Å²) in [5.41, 5.74) is 3.66. The van der Waals surface area contributed by atoms with E-state index in [-0.39, 0.29) is 10.9 Å². The van der Waals surface area contributed by atoms with Crippen LogP contribution in [0.25, 0.3) is 11.0 Å². The summed E-state index contributed by atoms with van der Waals surface area (Å²) in [5.74, 6) is 0.842. The number of aryl methyl sites for hydroxylation is 1. The van der Waals surface area contributed by atoms with Crippen molar-refractivity contribution >= 4 is 26.7 Å². The number of benzene rings is 2. The Kier molecular flexibility index (Phi) is 6.01. The molecule has 1 aliphatic rings. The van der Waals surface area contributed by atoms with Crippen molar-refractivity contribution in [3.8, 4) is 5.75 Å². The second-order valence-corrected chi connectivity index (χ2v) is 10.3. The molecule has 0 spiro atoms. The van der Waals surface area contributed by atoms with Crippen LogP contribution in [-0.4, -0.2) is 21.6 Å². The van der Waals surface area contributed by atoms with Crippen molar-refractivity contribution in [1.82, 2.24) is 4.72 Å². The van der Waals surface area contributed by atoms with Gasteiger partial charge in [-0.25, -0.2) is 17.9 Å². The van der Waals surface area contributed by atoms with Gasteiger partial charge in [-0.3, -0.25) is 0 Å². The molecule has 4 rings (SSSR count).